The highest BCUT2D eigenvalue weighted by molar-refractivity contribution is 7.85. The molecule has 0 radical (unpaired) electrons. The molecule has 2 aromatic rings. The highest BCUT2D eigenvalue weighted by Gasteiger charge is 2.08. The second-order valence-electron chi connectivity index (χ2n) is 4.10. The predicted molar refractivity (Wildman–Crippen MR) is 80.0 cm³/mol. The minimum Gasteiger partial charge on any atom is -0.381 e. The molecular weight excluding hydrogens is 321 g/mol. The van der Waals surface area contributed by atoms with Gasteiger partial charge in [-0.2, -0.15) is 8.42 Å². The van der Waals surface area contributed by atoms with Gasteiger partial charge in [0, 0.05) is 12.2 Å². The molecule has 0 aliphatic heterocycles. The van der Waals surface area contributed by atoms with Crippen molar-refractivity contribution >= 4 is 39.0 Å². The molecule has 0 aliphatic carbocycles. The summed E-state index contributed by atoms with van der Waals surface area (Å²) in [6, 6.07) is 11.1. The van der Waals surface area contributed by atoms with E-state index in [-0.39, 0.29) is 4.90 Å². The Labute approximate surface area is 127 Å². The first-order valence-corrected chi connectivity index (χ1v) is 7.81. The first-order valence-electron chi connectivity index (χ1n) is 5.61. The largest absolute Gasteiger partial charge is 0.381 e. The van der Waals surface area contributed by atoms with E-state index < -0.39 is 10.1 Å². The van der Waals surface area contributed by atoms with Crippen LogP contribution in [0.2, 0.25) is 10.0 Å². The number of nitrogens with one attached hydrogen (secondary N) is 1. The van der Waals surface area contributed by atoms with Crippen LogP contribution in [0.5, 0.6) is 0 Å². The molecule has 4 nitrogen and oxygen atoms in total. The van der Waals surface area contributed by atoms with Crippen molar-refractivity contribution < 1.29 is 13.0 Å². The van der Waals surface area contributed by atoms with Gasteiger partial charge in [-0.15, -0.1) is 0 Å². The van der Waals surface area contributed by atoms with Gasteiger partial charge >= 0.3 is 0 Å². The fourth-order valence-corrected chi connectivity index (χ4v) is 2.40. The third-order valence-corrected chi connectivity index (χ3v) is 4.24. The van der Waals surface area contributed by atoms with Crippen molar-refractivity contribution in [1.82, 2.24) is 0 Å². The van der Waals surface area contributed by atoms with Gasteiger partial charge in [0.05, 0.1) is 14.9 Å². The van der Waals surface area contributed by atoms with Crippen molar-refractivity contribution in [3.8, 4) is 0 Å². The van der Waals surface area contributed by atoms with E-state index in [1.165, 1.54) is 12.1 Å². The quantitative estimate of drug-likeness (QED) is 0.835. The molecule has 0 saturated carbocycles. The molecule has 0 unspecified atom stereocenters. The zero-order valence-corrected chi connectivity index (χ0v) is 12.5. The standard InChI is InChI=1S/C13H11Cl2NO3S/c14-12-6-1-9(7-13(12)15)8-16-10-2-4-11(5-3-10)20(17,18)19/h1-7,16H,8H2,(H,17,18,19). The van der Waals surface area contributed by atoms with Crippen LogP contribution in [-0.2, 0) is 16.7 Å². The van der Waals surface area contributed by atoms with Gasteiger partial charge in [-0.25, -0.2) is 0 Å². The Balaban J connectivity index is 2.06. The summed E-state index contributed by atoms with van der Waals surface area (Å²) in [6.45, 7) is 0.516. The molecule has 106 valence electrons. The average Bonchev–Trinajstić information content (AvgIpc) is 2.40. The zero-order valence-electron chi connectivity index (χ0n) is 10.2. The van der Waals surface area contributed by atoms with Crippen molar-refractivity contribution in [3.05, 3.63) is 58.1 Å². The molecule has 2 aromatic carbocycles. The van der Waals surface area contributed by atoms with Crippen LogP contribution < -0.4 is 5.32 Å². The first-order chi connectivity index (χ1) is 9.36. The van der Waals surface area contributed by atoms with E-state index >= 15 is 0 Å². The summed E-state index contributed by atoms with van der Waals surface area (Å²) in [5, 5.41) is 4.08. The van der Waals surface area contributed by atoms with Gasteiger partial charge in [-0.1, -0.05) is 29.3 Å². The summed E-state index contributed by atoms with van der Waals surface area (Å²) in [7, 11) is -4.16. The van der Waals surface area contributed by atoms with E-state index in [1.807, 2.05) is 6.07 Å². The summed E-state index contributed by atoms with van der Waals surface area (Å²) < 4.78 is 30.7. The molecule has 0 saturated heterocycles. The lowest BCUT2D eigenvalue weighted by Gasteiger charge is -2.08. The number of hydrogen-bond acceptors (Lipinski definition) is 3. The third-order valence-electron chi connectivity index (χ3n) is 2.63. The van der Waals surface area contributed by atoms with Crippen LogP contribution in [0.25, 0.3) is 0 Å². The highest BCUT2D eigenvalue weighted by Crippen LogP contribution is 2.23. The minimum absolute atomic E-state index is 0.141. The van der Waals surface area contributed by atoms with Crippen molar-refractivity contribution in [2.75, 3.05) is 5.32 Å². The molecular formula is C13H11Cl2NO3S. The molecule has 0 aliphatic rings. The molecule has 0 atom stereocenters. The summed E-state index contributed by atoms with van der Waals surface area (Å²) in [5.74, 6) is 0. The van der Waals surface area contributed by atoms with Crippen molar-refractivity contribution in [1.29, 1.82) is 0 Å². The molecule has 7 heteroatoms. The van der Waals surface area contributed by atoms with Gasteiger partial charge in [-0.05, 0) is 42.0 Å². The van der Waals surface area contributed by atoms with Crippen LogP contribution in [0.4, 0.5) is 5.69 Å². The van der Waals surface area contributed by atoms with Crippen LogP contribution in [-0.4, -0.2) is 13.0 Å². The van der Waals surface area contributed by atoms with Gasteiger partial charge in [0.25, 0.3) is 10.1 Å². The van der Waals surface area contributed by atoms with Gasteiger partial charge in [0.15, 0.2) is 0 Å². The Bertz CT molecular complexity index is 715. The van der Waals surface area contributed by atoms with Crippen LogP contribution in [0.15, 0.2) is 47.4 Å². The topological polar surface area (TPSA) is 66.4 Å². The van der Waals surface area contributed by atoms with Crippen molar-refractivity contribution in [2.24, 2.45) is 0 Å². The summed E-state index contributed by atoms with van der Waals surface area (Å²) in [4.78, 5) is -0.141. The monoisotopic (exact) mass is 331 g/mol. The Morgan fingerprint density at radius 2 is 1.65 bits per heavy atom. The summed E-state index contributed by atoms with van der Waals surface area (Å²) in [6.07, 6.45) is 0. The van der Waals surface area contributed by atoms with Crippen LogP contribution in [0, 0.1) is 0 Å². The number of hydrogen-bond donors (Lipinski definition) is 2. The predicted octanol–water partition coefficient (Wildman–Crippen LogP) is 3.85. The Kier molecular flexibility index (Phi) is 4.55. The van der Waals surface area contributed by atoms with E-state index in [4.69, 9.17) is 27.8 Å². The Morgan fingerprint density at radius 3 is 2.20 bits per heavy atom. The van der Waals surface area contributed by atoms with Crippen LogP contribution in [0.3, 0.4) is 0 Å². The van der Waals surface area contributed by atoms with E-state index in [0.29, 0.717) is 16.6 Å². The molecule has 0 bridgehead atoms. The number of benzene rings is 2. The van der Waals surface area contributed by atoms with Gasteiger partial charge in [-0.3, -0.25) is 4.55 Å². The molecule has 0 spiro atoms. The number of rotatable bonds is 4. The maximum atomic E-state index is 10.9. The third kappa shape index (κ3) is 3.86. The molecule has 2 N–H and O–H groups in total. The maximum Gasteiger partial charge on any atom is 0.294 e. The lowest BCUT2D eigenvalue weighted by molar-refractivity contribution is 0.483. The fraction of sp³-hybridized carbons (Fsp3) is 0.0769. The fourth-order valence-electron chi connectivity index (χ4n) is 1.60. The molecule has 20 heavy (non-hydrogen) atoms. The van der Waals surface area contributed by atoms with Gasteiger partial charge < -0.3 is 5.32 Å². The second kappa shape index (κ2) is 6.01. The van der Waals surface area contributed by atoms with E-state index in [9.17, 15) is 8.42 Å². The number of anilines is 1. The van der Waals surface area contributed by atoms with Crippen LogP contribution >= 0.6 is 23.2 Å². The highest BCUT2D eigenvalue weighted by atomic mass is 35.5. The van der Waals surface area contributed by atoms with E-state index in [2.05, 4.69) is 5.32 Å². The first kappa shape index (κ1) is 15.1. The molecule has 0 heterocycles. The summed E-state index contributed by atoms with van der Waals surface area (Å²) in [5.41, 5.74) is 1.67. The summed E-state index contributed by atoms with van der Waals surface area (Å²) >= 11 is 11.7. The SMILES string of the molecule is O=S(=O)(O)c1ccc(NCc2ccc(Cl)c(Cl)c2)cc1. The molecule has 0 fully saturated rings. The van der Waals surface area contributed by atoms with Crippen molar-refractivity contribution in [3.63, 3.8) is 0 Å². The molecule has 0 amide bonds. The Morgan fingerprint density at radius 1 is 1.00 bits per heavy atom. The maximum absolute atomic E-state index is 10.9. The lowest BCUT2D eigenvalue weighted by atomic mass is 10.2. The lowest BCUT2D eigenvalue weighted by Crippen LogP contribution is -2.01. The number of halogens is 2. The smallest absolute Gasteiger partial charge is 0.294 e. The zero-order chi connectivity index (χ0) is 14.8. The van der Waals surface area contributed by atoms with Gasteiger partial charge in [0.2, 0.25) is 0 Å². The van der Waals surface area contributed by atoms with E-state index in [0.717, 1.165) is 11.3 Å². The molecule has 2 rings (SSSR count). The molecule has 0 aromatic heterocycles. The van der Waals surface area contributed by atoms with Crippen molar-refractivity contribution in [2.45, 2.75) is 11.4 Å². The second-order valence-corrected chi connectivity index (χ2v) is 6.34. The van der Waals surface area contributed by atoms with E-state index in [1.54, 1.807) is 24.3 Å². The average molecular weight is 332 g/mol. The van der Waals surface area contributed by atoms with Gasteiger partial charge in [0.1, 0.15) is 0 Å². The van der Waals surface area contributed by atoms with Crippen LogP contribution in [0.1, 0.15) is 5.56 Å². The minimum atomic E-state index is -4.16. The Hall–Kier alpha value is -1.27. The normalized spacial score (nSPS) is 11.3.